The number of nitrogens with zero attached hydrogens (tertiary/aromatic N) is 1. The van der Waals surface area contributed by atoms with E-state index in [-0.39, 0.29) is 17.8 Å². The molecule has 1 amide bonds. The van der Waals surface area contributed by atoms with Gasteiger partial charge in [-0.05, 0) is 37.2 Å². The van der Waals surface area contributed by atoms with Gasteiger partial charge in [0.15, 0.2) is 0 Å². The fraction of sp³-hybridized carbons (Fsp3) is 0.190. The summed E-state index contributed by atoms with van der Waals surface area (Å²) in [6.07, 6.45) is 3.00. The Morgan fingerprint density at radius 2 is 2.00 bits per heavy atom. The number of amides is 1. The third-order valence-electron chi connectivity index (χ3n) is 4.42. The number of nitrogens with one attached hydrogen (secondary N) is 3. The molecule has 0 aliphatic heterocycles. The van der Waals surface area contributed by atoms with E-state index in [1.54, 1.807) is 6.08 Å². The highest BCUT2D eigenvalue weighted by Gasteiger charge is 2.24. The third-order valence-corrected chi connectivity index (χ3v) is 4.42. The molecule has 0 fully saturated rings. The number of fused-ring (bicyclic) bond motifs is 1. The van der Waals surface area contributed by atoms with Gasteiger partial charge in [-0.15, -0.1) is 6.58 Å². The average molecular weight is 416 g/mol. The minimum atomic E-state index is -1.09. The Kier molecular flexibility index (Phi) is 6.63. The molecule has 0 spiro atoms. The van der Waals surface area contributed by atoms with Crippen molar-refractivity contribution in [2.75, 3.05) is 6.54 Å². The van der Waals surface area contributed by atoms with Crippen LogP contribution in [0.5, 0.6) is 0 Å². The van der Waals surface area contributed by atoms with Gasteiger partial charge in [-0.3, -0.25) is 14.6 Å². The molecule has 0 aliphatic rings. The fourth-order valence-corrected chi connectivity index (χ4v) is 2.93. The number of hydrogen-bond donors (Lipinski definition) is 3. The summed E-state index contributed by atoms with van der Waals surface area (Å²) in [6.45, 7) is 3.64. The van der Waals surface area contributed by atoms with Crippen molar-refractivity contribution in [2.24, 2.45) is 0 Å². The van der Waals surface area contributed by atoms with Crippen LogP contribution in [0, 0.1) is 17.5 Å². The molecule has 1 aromatic carbocycles. The van der Waals surface area contributed by atoms with E-state index in [9.17, 15) is 22.8 Å². The molecule has 156 valence electrons. The highest BCUT2D eigenvalue weighted by atomic mass is 19.1. The molecular formula is C21H19F3N4O2. The number of pyridine rings is 2. The molecule has 30 heavy (non-hydrogen) atoms. The summed E-state index contributed by atoms with van der Waals surface area (Å²) in [4.78, 5) is 31.6. The summed E-state index contributed by atoms with van der Waals surface area (Å²) >= 11 is 0. The highest BCUT2D eigenvalue weighted by molar-refractivity contribution is 5.85. The van der Waals surface area contributed by atoms with Crippen molar-refractivity contribution in [2.45, 2.75) is 19.0 Å². The van der Waals surface area contributed by atoms with Crippen LogP contribution < -0.4 is 16.2 Å². The van der Waals surface area contributed by atoms with Crippen LogP contribution in [0.4, 0.5) is 13.2 Å². The van der Waals surface area contributed by atoms with Gasteiger partial charge in [-0.1, -0.05) is 6.08 Å². The van der Waals surface area contributed by atoms with Gasteiger partial charge in [0.2, 0.25) is 5.91 Å². The van der Waals surface area contributed by atoms with Crippen LogP contribution in [0.2, 0.25) is 0 Å². The summed E-state index contributed by atoms with van der Waals surface area (Å²) in [5.74, 6) is -2.84. The lowest BCUT2D eigenvalue weighted by Gasteiger charge is -2.18. The normalized spacial score (nSPS) is 12.0. The van der Waals surface area contributed by atoms with Crippen LogP contribution in [0.15, 0.2) is 54.0 Å². The Bertz CT molecular complexity index is 1150. The number of carbonyl (C=O) groups excluding carboxylic acids is 1. The third kappa shape index (κ3) is 4.93. The Morgan fingerprint density at radius 3 is 2.73 bits per heavy atom. The van der Waals surface area contributed by atoms with Gasteiger partial charge in [-0.2, -0.15) is 0 Å². The zero-order valence-electron chi connectivity index (χ0n) is 15.8. The van der Waals surface area contributed by atoms with Gasteiger partial charge in [-0.25, -0.2) is 13.2 Å². The molecule has 6 nitrogen and oxygen atoms in total. The van der Waals surface area contributed by atoms with E-state index < -0.39 is 35.0 Å². The van der Waals surface area contributed by atoms with Crippen LogP contribution in [-0.2, 0) is 11.3 Å². The van der Waals surface area contributed by atoms with E-state index in [2.05, 4.69) is 27.2 Å². The Labute approximate surface area is 169 Å². The van der Waals surface area contributed by atoms with Crippen molar-refractivity contribution in [1.29, 1.82) is 0 Å². The average Bonchev–Trinajstić information content (AvgIpc) is 2.70. The summed E-state index contributed by atoms with van der Waals surface area (Å²) in [6, 6.07) is 4.89. The molecule has 0 bridgehead atoms. The van der Waals surface area contributed by atoms with Crippen LogP contribution >= 0.6 is 0 Å². The maximum absolute atomic E-state index is 13.8. The molecule has 0 radical (unpaired) electrons. The summed E-state index contributed by atoms with van der Waals surface area (Å²) in [5, 5.41) is 5.85. The van der Waals surface area contributed by atoms with Crippen molar-refractivity contribution in [1.82, 2.24) is 20.6 Å². The van der Waals surface area contributed by atoms with Crippen LogP contribution in [0.25, 0.3) is 10.9 Å². The fourth-order valence-electron chi connectivity index (χ4n) is 2.93. The van der Waals surface area contributed by atoms with Gasteiger partial charge in [0.05, 0.1) is 18.4 Å². The molecule has 2 aromatic heterocycles. The maximum atomic E-state index is 13.8. The molecule has 0 saturated carbocycles. The molecule has 0 aliphatic carbocycles. The summed E-state index contributed by atoms with van der Waals surface area (Å²) in [5.41, 5.74) is -0.175. The molecule has 3 rings (SSSR count). The van der Waals surface area contributed by atoms with E-state index in [4.69, 9.17) is 0 Å². The lowest BCUT2D eigenvalue weighted by atomic mass is 10.0. The number of benzene rings is 1. The monoisotopic (exact) mass is 416 g/mol. The van der Waals surface area contributed by atoms with E-state index in [0.29, 0.717) is 29.9 Å². The van der Waals surface area contributed by atoms with Crippen molar-refractivity contribution in [3.63, 3.8) is 0 Å². The first-order valence-corrected chi connectivity index (χ1v) is 9.13. The maximum Gasteiger partial charge on any atom is 0.253 e. The molecule has 0 saturated heterocycles. The first-order chi connectivity index (χ1) is 14.4. The van der Waals surface area contributed by atoms with Crippen molar-refractivity contribution >= 4 is 16.8 Å². The minimum absolute atomic E-state index is 0.0715. The highest BCUT2D eigenvalue weighted by Crippen LogP contribution is 2.17. The largest absolute Gasteiger partial charge is 0.349 e. The SMILES string of the molecule is C=CCCNC(C(=O)NCc1ncc(F)cc1F)c1cc2cc(F)ccc2[nH]c1=O. The Hall–Kier alpha value is -3.46. The van der Waals surface area contributed by atoms with Crippen molar-refractivity contribution in [3.8, 4) is 0 Å². The number of aromatic nitrogens is 2. The van der Waals surface area contributed by atoms with Gasteiger partial charge in [0.25, 0.3) is 5.56 Å². The number of halogens is 3. The number of carbonyl (C=O) groups is 1. The molecule has 1 atom stereocenters. The minimum Gasteiger partial charge on any atom is -0.349 e. The van der Waals surface area contributed by atoms with Crippen LogP contribution in [0.3, 0.4) is 0 Å². The number of rotatable bonds is 8. The number of aromatic amines is 1. The number of H-pyrrole nitrogens is 1. The zero-order valence-corrected chi connectivity index (χ0v) is 15.8. The van der Waals surface area contributed by atoms with Crippen LogP contribution in [-0.4, -0.2) is 22.4 Å². The second kappa shape index (κ2) is 9.36. The van der Waals surface area contributed by atoms with Crippen molar-refractivity contribution < 1.29 is 18.0 Å². The molecular weight excluding hydrogens is 397 g/mol. The molecule has 1 unspecified atom stereocenters. The Balaban J connectivity index is 1.89. The first-order valence-electron chi connectivity index (χ1n) is 9.13. The van der Waals surface area contributed by atoms with E-state index >= 15 is 0 Å². The van der Waals surface area contributed by atoms with Gasteiger partial charge in [0.1, 0.15) is 23.5 Å². The zero-order chi connectivity index (χ0) is 21.7. The molecule has 9 heteroatoms. The first kappa shape index (κ1) is 21.3. The second-order valence-electron chi connectivity index (χ2n) is 6.55. The van der Waals surface area contributed by atoms with Crippen molar-refractivity contribution in [3.05, 3.63) is 88.2 Å². The van der Waals surface area contributed by atoms with Gasteiger partial charge >= 0.3 is 0 Å². The van der Waals surface area contributed by atoms with Gasteiger partial charge < -0.3 is 15.6 Å². The Morgan fingerprint density at radius 1 is 1.20 bits per heavy atom. The summed E-state index contributed by atoms with van der Waals surface area (Å²) < 4.78 is 40.4. The predicted octanol–water partition coefficient (Wildman–Crippen LogP) is 2.86. The summed E-state index contributed by atoms with van der Waals surface area (Å²) in [7, 11) is 0. The topological polar surface area (TPSA) is 86.9 Å². The quantitative estimate of drug-likeness (QED) is 0.389. The standard InChI is InChI=1S/C21H19F3N4O2/c1-2-3-6-25-19(21(30)27-11-18-16(24)9-14(23)10-26-18)15-8-12-7-13(22)4-5-17(12)28-20(15)29/h2,4-5,7-10,19,25H,1,3,6,11H2,(H,27,30)(H,28,29). The van der Waals surface area contributed by atoms with Crippen LogP contribution in [0.1, 0.15) is 23.7 Å². The molecule has 3 aromatic rings. The second-order valence-corrected chi connectivity index (χ2v) is 6.55. The smallest absolute Gasteiger partial charge is 0.253 e. The lowest BCUT2D eigenvalue weighted by molar-refractivity contribution is -0.123. The molecule has 2 heterocycles. The number of hydrogen-bond acceptors (Lipinski definition) is 4. The van der Waals surface area contributed by atoms with E-state index in [1.807, 2.05) is 0 Å². The van der Waals surface area contributed by atoms with Gasteiger partial charge in [0, 0.05) is 22.5 Å². The van der Waals surface area contributed by atoms with E-state index in [1.165, 1.54) is 24.3 Å². The lowest BCUT2D eigenvalue weighted by Crippen LogP contribution is -2.40. The molecule has 3 N–H and O–H groups in total. The predicted molar refractivity (Wildman–Crippen MR) is 106 cm³/mol. The van der Waals surface area contributed by atoms with E-state index in [0.717, 1.165) is 6.20 Å².